The average Bonchev–Trinajstić information content (AvgIpc) is 3.22. The number of ether oxygens (including phenoxy) is 3. The number of carbonyl (C=O) groups is 4. The van der Waals surface area contributed by atoms with Crippen molar-refractivity contribution < 1.29 is 38.5 Å². The molecule has 0 bridgehead atoms. The first kappa shape index (κ1) is 27.9. The predicted molar refractivity (Wildman–Crippen MR) is 143 cm³/mol. The third kappa shape index (κ3) is 3.29. The van der Waals surface area contributed by atoms with Crippen LogP contribution < -0.4 is 0 Å². The van der Waals surface area contributed by atoms with Gasteiger partial charge in [-0.15, -0.1) is 0 Å². The monoisotopic (exact) mass is 556 g/mol. The fourth-order valence-electron chi connectivity index (χ4n) is 11.2. The summed E-state index contributed by atoms with van der Waals surface area (Å²) >= 11 is 0. The SMILES string of the molecule is CC(=O)O[C@@H]1C2[C@H]3C(CC[C@]2(C)C2[C@H](C)C=C4OC(=O)[C@@](C)(O)[C@]4(C)[C@@H]21)[C@@]1(C)CCCCC1C(=O)[C@@H]3OC(C)=O. The summed E-state index contributed by atoms with van der Waals surface area (Å²) < 4.78 is 17.9. The second-order valence-corrected chi connectivity index (χ2v) is 14.7. The van der Waals surface area contributed by atoms with Gasteiger partial charge in [0.1, 0.15) is 11.9 Å². The molecule has 0 amide bonds. The molecule has 1 aliphatic heterocycles. The van der Waals surface area contributed by atoms with Crippen molar-refractivity contribution in [3.05, 3.63) is 11.8 Å². The summed E-state index contributed by atoms with van der Waals surface area (Å²) in [5.74, 6) is -2.35. The molecule has 220 valence electrons. The van der Waals surface area contributed by atoms with Crippen molar-refractivity contribution in [2.45, 2.75) is 105 Å². The topological polar surface area (TPSA) is 116 Å². The van der Waals surface area contributed by atoms with Gasteiger partial charge in [-0.05, 0) is 74.2 Å². The molecule has 1 saturated heterocycles. The van der Waals surface area contributed by atoms with Crippen LogP contribution >= 0.6 is 0 Å². The lowest BCUT2D eigenvalue weighted by atomic mass is 9.43. The highest BCUT2D eigenvalue weighted by molar-refractivity contribution is 5.90. The number of allylic oxidation sites excluding steroid dienone is 1. The second kappa shape index (κ2) is 8.65. The molecule has 6 aliphatic rings. The lowest BCUT2D eigenvalue weighted by molar-refractivity contribution is -0.201. The molecule has 0 aromatic rings. The van der Waals surface area contributed by atoms with Crippen molar-refractivity contribution in [3.63, 3.8) is 0 Å². The van der Waals surface area contributed by atoms with Crippen LogP contribution in [0.2, 0.25) is 0 Å². The molecule has 0 radical (unpaired) electrons. The van der Waals surface area contributed by atoms with E-state index in [0.29, 0.717) is 5.76 Å². The maximum atomic E-state index is 14.2. The highest BCUT2D eigenvalue weighted by atomic mass is 16.6. The molecule has 6 rings (SSSR count). The fourth-order valence-corrected chi connectivity index (χ4v) is 11.2. The molecule has 4 unspecified atom stereocenters. The highest BCUT2D eigenvalue weighted by Gasteiger charge is 2.78. The summed E-state index contributed by atoms with van der Waals surface area (Å²) in [7, 11) is 0. The maximum absolute atomic E-state index is 14.2. The van der Waals surface area contributed by atoms with Crippen LogP contribution in [0.3, 0.4) is 0 Å². The van der Waals surface area contributed by atoms with E-state index in [-0.39, 0.29) is 46.7 Å². The fraction of sp³-hybridized carbons (Fsp3) is 0.812. The average molecular weight is 557 g/mol. The van der Waals surface area contributed by atoms with Crippen molar-refractivity contribution in [2.75, 3.05) is 0 Å². The van der Waals surface area contributed by atoms with Crippen LogP contribution in [0.5, 0.6) is 0 Å². The summed E-state index contributed by atoms with van der Waals surface area (Å²) in [6, 6.07) is 0. The van der Waals surface area contributed by atoms with Gasteiger partial charge in [-0.25, -0.2) is 4.79 Å². The molecule has 5 fully saturated rings. The number of ketones is 1. The molecule has 8 nitrogen and oxygen atoms in total. The number of aliphatic hydroxyl groups is 1. The molecular weight excluding hydrogens is 512 g/mol. The summed E-state index contributed by atoms with van der Waals surface area (Å²) in [6.45, 7) is 12.7. The number of fused-ring (bicyclic) bond motifs is 9. The number of hydrogen-bond donors (Lipinski definition) is 1. The zero-order chi connectivity index (χ0) is 29.2. The van der Waals surface area contributed by atoms with Gasteiger partial charge in [-0.3, -0.25) is 14.4 Å². The number of rotatable bonds is 2. The van der Waals surface area contributed by atoms with Gasteiger partial charge in [-0.1, -0.05) is 33.6 Å². The summed E-state index contributed by atoms with van der Waals surface area (Å²) in [5.41, 5.74) is -3.55. The Bertz CT molecular complexity index is 1200. The number of Topliss-reactive ketones (excluding diaryl/α,β-unsaturated/α-hetero) is 1. The third-order valence-corrected chi connectivity index (χ3v) is 12.9. The normalized spacial score (nSPS) is 52.7. The zero-order valence-electron chi connectivity index (χ0n) is 24.8. The first-order chi connectivity index (χ1) is 18.6. The molecule has 0 aromatic carbocycles. The molecular formula is C32H44O8. The molecule has 1 N–H and O–H groups in total. The number of esters is 3. The smallest absolute Gasteiger partial charge is 0.343 e. The number of carbonyl (C=O) groups excluding carboxylic acids is 4. The van der Waals surface area contributed by atoms with Gasteiger partial charge in [0.2, 0.25) is 0 Å². The van der Waals surface area contributed by atoms with Gasteiger partial charge in [0.15, 0.2) is 17.5 Å². The molecule has 1 heterocycles. The van der Waals surface area contributed by atoms with Crippen molar-refractivity contribution in [1.29, 1.82) is 0 Å². The predicted octanol–water partition coefficient (Wildman–Crippen LogP) is 4.37. The van der Waals surface area contributed by atoms with Gasteiger partial charge in [-0.2, -0.15) is 0 Å². The van der Waals surface area contributed by atoms with Gasteiger partial charge >= 0.3 is 17.9 Å². The lowest BCUT2D eigenvalue weighted by Gasteiger charge is -2.61. The number of hydrogen-bond acceptors (Lipinski definition) is 8. The van der Waals surface area contributed by atoms with E-state index in [1.807, 2.05) is 13.0 Å². The Hall–Kier alpha value is -2.22. The summed E-state index contributed by atoms with van der Waals surface area (Å²) in [4.78, 5) is 52.5. The van der Waals surface area contributed by atoms with Crippen LogP contribution in [0.1, 0.15) is 87.0 Å². The van der Waals surface area contributed by atoms with Gasteiger partial charge in [0.05, 0.1) is 5.41 Å². The molecule has 40 heavy (non-hydrogen) atoms. The van der Waals surface area contributed by atoms with Crippen molar-refractivity contribution in [1.82, 2.24) is 0 Å². The van der Waals surface area contributed by atoms with Crippen LogP contribution in [0.4, 0.5) is 0 Å². The van der Waals surface area contributed by atoms with Crippen LogP contribution in [-0.4, -0.2) is 46.6 Å². The Balaban J connectivity index is 1.56. The van der Waals surface area contributed by atoms with Crippen LogP contribution in [0, 0.1) is 57.7 Å². The van der Waals surface area contributed by atoms with Crippen LogP contribution in [-0.2, 0) is 33.4 Å². The van der Waals surface area contributed by atoms with E-state index in [9.17, 15) is 24.3 Å². The standard InChI is InChI=1S/C32H44O8/c1-15-14-20-31(6,32(7,37)28(36)40-20)24-22(15)30(5)13-11-18-21(23(30)27(24)39-17(3)34)26(38-16(2)33)25(35)19-10-8-9-12-29(18,19)4/h14-15,18-19,21-24,26-27,37H,8-13H2,1-7H3/t15-,18?,19?,21-,22?,23?,24+,26-,27-,29-,30-,31+,32-/m1/s1. The van der Waals surface area contributed by atoms with E-state index in [1.165, 1.54) is 20.8 Å². The molecule has 0 spiro atoms. The minimum atomic E-state index is -1.82. The van der Waals surface area contributed by atoms with Crippen molar-refractivity contribution in [2.24, 2.45) is 57.7 Å². The minimum absolute atomic E-state index is 0.00351. The van der Waals surface area contributed by atoms with Gasteiger partial charge in [0, 0.05) is 37.5 Å². The van der Waals surface area contributed by atoms with E-state index < -0.39 is 52.5 Å². The highest BCUT2D eigenvalue weighted by Crippen LogP contribution is 2.74. The molecule has 4 saturated carbocycles. The Kier molecular flexibility index (Phi) is 6.04. The third-order valence-electron chi connectivity index (χ3n) is 12.9. The molecule has 0 aromatic heterocycles. The quantitative estimate of drug-likeness (QED) is 0.394. The minimum Gasteiger partial charge on any atom is -0.462 e. The second-order valence-electron chi connectivity index (χ2n) is 14.7. The van der Waals surface area contributed by atoms with E-state index in [2.05, 4.69) is 20.8 Å². The Labute approximate surface area is 236 Å². The Morgan fingerprint density at radius 1 is 0.925 bits per heavy atom. The van der Waals surface area contributed by atoms with Crippen LogP contribution in [0.25, 0.3) is 0 Å². The van der Waals surface area contributed by atoms with E-state index >= 15 is 0 Å². The van der Waals surface area contributed by atoms with Gasteiger partial charge < -0.3 is 19.3 Å². The lowest BCUT2D eigenvalue weighted by Crippen LogP contribution is -2.64. The molecule has 13 atom stereocenters. The first-order valence-corrected chi connectivity index (χ1v) is 15.2. The Morgan fingerprint density at radius 2 is 1.60 bits per heavy atom. The van der Waals surface area contributed by atoms with E-state index in [1.54, 1.807) is 0 Å². The maximum Gasteiger partial charge on any atom is 0.343 e. The Morgan fingerprint density at radius 3 is 2.25 bits per heavy atom. The first-order valence-electron chi connectivity index (χ1n) is 15.2. The largest absolute Gasteiger partial charge is 0.462 e. The van der Waals surface area contributed by atoms with Gasteiger partial charge in [0.25, 0.3) is 0 Å². The van der Waals surface area contributed by atoms with E-state index in [4.69, 9.17) is 14.2 Å². The molecule has 8 heteroatoms. The molecule has 5 aliphatic carbocycles. The van der Waals surface area contributed by atoms with Crippen molar-refractivity contribution in [3.8, 4) is 0 Å². The summed E-state index contributed by atoms with van der Waals surface area (Å²) in [6.07, 6.45) is 5.94. The van der Waals surface area contributed by atoms with E-state index in [0.717, 1.165) is 38.5 Å². The van der Waals surface area contributed by atoms with Crippen molar-refractivity contribution >= 4 is 23.7 Å². The summed E-state index contributed by atoms with van der Waals surface area (Å²) in [5, 5.41) is 11.7. The zero-order valence-corrected chi connectivity index (χ0v) is 24.8. The van der Waals surface area contributed by atoms with Crippen LogP contribution in [0.15, 0.2) is 11.8 Å².